The van der Waals surface area contributed by atoms with Crippen LogP contribution in [0.4, 0.5) is 4.79 Å². The van der Waals surface area contributed by atoms with E-state index in [4.69, 9.17) is 14.9 Å². The number of rotatable bonds is 2. The molecule has 2 heterocycles. The van der Waals surface area contributed by atoms with Gasteiger partial charge in [0, 0.05) is 13.1 Å². The molecular weight excluding hydrogens is 296 g/mol. The number of benzene rings is 1. The molecule has 0 aliphatic carbocycles. The summed E-state index contributed by atoms with van der Waals surface area (Å²) in [6.45, 7) is 2.63. The van der Waals surface area contributed by atoms with Crippen LogP contribution >= 0.6 is 12.4 Å². The van der Waals surface area contributed by atoms with Crippen molar-refractivity contribution in [2.24, 2.45) is 0 Å². The quantitative estimate of drug-likeness (QED) is 0.734. The van der Waals surface area contributed by atoms with E-state index in [0.717, 1.165) is 18.7 Å². The number of ether oxygens (including phenoxy) is 1. The monoisotopic (exact) mass is 316 g/mol. The fraction of sp³-hybridized carbons (Fsp3) is 0.500. The van der Waals surface area contributed by atoms with Gasteiger partial charge in [0.2, 0.25) is 0 Å². The van der Waals surface area contributed by atoms with Gasteiger partial charge in [-0.1, -0.05) is 30.3 Å². The summed E-state index contributed by atoms with van der Waals surface area (Å²) in [6, 6.07) is 9.51. The molecule has 2 fully saturated rings. The molecule has 6 nitrogen and oxygen atoms in total. The summed E-state index contributed by atoms with van der Waals surface area (Å²) in [4.78, 5) is 12.8. The molecule has 21 heavy (non-hydrogen) atoms. The number of carbonyl (C=O) groups excluding carboxylic acids is 1. The van der Waals surface area contributed by atoms with E-state index in [2.05, 4.69) is 5.32 Å². The number of carbonyl (C=O) groups is 1. The van der Waals surface area contributed by atoms with Gasteiger partial charge in [-0.15, -0.1) is 12.4 Å². The number of halogens is 1. The van der Waals surface area contributed by atoms with Crippen molar-refractivity contribution in [2.75, 3.05) is 26.2 Å². The second kappa shape index (κ2) is 8.84. The normalized spacial score (nSPS) is 17.5. The van der Waals surface area contributed by atoms with Crippen LogP contribution in [0.2, 0.25) is 0 Å². The molecule has 2 saturated heterocycles. The number of hydrogen-bond donors (Lipinski definition) is 3. The Morgan fingerprint density at radius 3 is 2.19 bits per heavy atom. The maximum absolute atomic E-state index is 11.3. The minimum absolute atomic E-state index is 0. The molecule has 0 aromatic heterocycles. The highest BCUT2D eigenvalue weighted by atomic mass is 35.5. The van der Waals surface area contributed by atoms with E-state index in [1.54, 1.807) is 0 Å². The van der Waals surface area contributed by atoms with Gasteiger partial charge in [0.05, 0.1) is 25.3 Å². The van der Waals surface area contributed by atoms with Crippen LogP contribution in [0.25, 0.3) is 0 Å². The van der Waals surface area contributed by atoms with Gasteiger partial charge in [-0.3, -0.25) is 0 Å². The Morgan fingerprint density at radius 1 is 1.19 bits per heavy atom. The van der Waals surface area contributed by atoms with E-state index >= 15 is 0 Å². The zero-order valence-electron chi connectivity index (χ0n) is 11.6. The lowest BCUT2D eigenvalue weighted by Gasteiger charge is -2.34. The van der Waals surface area contributed by atoms with Crippen LogP contribution in [0.5, 0.6) is 0 Å². The molecule has 0 saturated carbocycles. The van der Waals surface area contributed by atoms with Crippen molar-refractivity contribution in [3.05, 3.63) is 35.9 Å². The lowest BCUT2D eigenvalue weighted by atomic mass is 10.2. The summed E-state index contributed by atoms with van der Waals surface area (Å²) in [6.07, 6.45) is -0.784. The second-order valence-electron chi connectivity index (χ2n) is 4.91. The van der Waals surface area contributed by atoms with Crippen LogP contribution in [0.15, 0.2) is 30.3 Å². The predicted molar refractivity (Wildman–Crippen MR) is 80.3 cm³/mol. The van der Waals surface area contributed by atoms with Crippen molar-refractivity contribution in [1.29, 1.82) is 0 Å². The lowest BCUT2D eigenvalue weighted by Crippen LogP contribution is -2.53. The van der Waals surface area contributed by atoms with Gasteiger partial charge in [0.25, 0.3) is 0 Å². The Balaban J connectivity index is 0.000000313. The van der Waals surface area contributed by atoms with Crippen LogP contribution in [-0.2, 0) is 11.3 Å². The van der Waals surface area contributed by atoms with Crippen molar-refractivity contribution in [2.45, 2.75) is 18.8 Å². The molecule has 0 unspecified atom stereocenters. The third-order valence-corrected chi connectivity index (χ3v) is 3.09. The highest BCUT2D eigenvalue weighted by Crippen LogP contribution is 2.10. The van der Waals surface area contributed by atoms with Gasteiger partial charge in [0.1, 0.15) is 6.61 Å². The van der Waals surface area contributed by atoms with Crippen LogP contribution in [0.3, 0.4) is 0 Å². The average Bonchev–Trinajstić information content (AvgIpc) is 2.41. The summed E-state index contributed by atoms with van der Waals surface area (Å²) in [5.41, 5.74) is 0.965. The van der Waals surface area contributed by atoms with E-state index in [9.17, 15) is 4.79 Å². The highest BCUT2D eigenvalue weighted by molar-refractivity contribution is 5.85. The third-order valence-electron chi connectivity index (χ3n) is 3.09. The first kappa shape index (κ1) is 17.7. The Labute approximate surface area is 130 Å². The number of likely N-dealkylation sites (tertiary alicyclic amines) is 1. The van der Waals surface area contributed by atoms with Gasteiger partial charge < -0.3 is 25.2 Å². The molecule has 0 spiro atoms. The van der Waals surface area contributed by atoms with Crippen LogP contribution < -0.4 is 5.32 Å². The van der Waals surface area contributed by atoms with Gasteiger partial charge in [-0.2, -0.15) is 0 Å². The molecule has 1 amide bonds. The smallest absolute Gasteiger partial charge is 0.410 e. The van der Waals surface area contributed by atoms with Crippen molar-refractivity contribution >= 4 is 18.5 Å². The summed E-state index contributed by atoms with van der Waals surface area (Å²) < 4.78 is 5.06. The van der Waals surface area contributed by atoms with E-state index in [1.165, 1.54) is 4.90 Å². The number of nitrogens with zero attached hydrogens (tertiary/aromatic N) is 1. The van der Waals surface area contributed by atoms with Crippen LogP contribution in [0, 0.1) is 0 Å². The molecule has 2 aliphatic rings. The van der Waals surface area contributed by atoms with Crippen LogP contribution in [-0.4, -0.2) is 59.6 Å². The maximum Gasteiger partial charge on any atom is 0.410 e. The highest BCUT2D eigenvalue weighted by Gasteiger charge is 2.29. The molecule has 7 heteroatoms. The van der Waals surface area contributed by atoms with Gasteiger partial charge >= 0.3 is 6.09 Å². The molecule has 0 atom stereocenters. The Hall–Kier alpha value is -1.34. The second-order valence-corrected chi connectivity index (χ2v) is 4.91. The van der Waals surface area contributed by atoms with Crippen molar-refractivity contribution in [3.63, 3.8) is 0 Å². The average molecular weight is 317 g/mol. The van der Waals surface area contributed by atoms with E-state index in [-0.39, 0.29) is 37.3 Å². The Morgan fingerprint density at radius 2 is 1.76 bits per heavy atom. The molecule has 3 rings (SSSR count). The SMILES string of the molecule is Cl.O=C(OCc1ccccc1)N1CC(O)C1.OC1CNC1. The largest absolute Gasteiger partial charge is 0.445 e. The Kier molecular flexibility index (Phi) is 7.45. The van der Waals surface area contributed by atoms with Gasteiger partial charge in [0.15, 0.2) is 0 Å². The van der Waals surface area contributed by atoms with Crippen molar-refractivity contribution in [3.8, 4) is 0 Å². The molecule has 0 radical (unpaired) electrons. The number of aliphatic hydroxyl groups is 2. The molecule has 3 N–H and O–H groups in total. The first-order valence-corrected chi connectivity index (χ1v) is 6.67. The predicted octanol–water partition coefficient (Wildman–Crippen LogP) is 0.372. The summed E-state index contributed by atoms with van der Waals surface area (Å²) in [7, 11) is 0. The van der Waals surface area contributed by atoms with Crippen molar-refractivity contribution < 1.29 is 19.7 Å². The zero-order valence-corrected chi connectivity index (χ0v) is 12.5. The first-order valence-electron chi connectivity index (χ1n) is 6.67. The Bertz CT molecular complexity index is 422. The van der Waals surface area contributed by atoms with E-state index in [1.807, 2.05) is 30.3 Å². The van der Waals surface area contributed by atoms with Gasteiger partial charge in [-0.25, -0.2) is 4.79 Å². The number of β-amino-alcohol motifs (C(OH)–C–C–N with tert-alkyl or cyclic N) is 2. The van der Waals surface area contributed by atoms with Crippen LogP contribution in [0.1, 0.15) is 5.56 Å². The summed E-state index contributed by atoms with van der Waals surface area (Å²) >= 11 is 0. The maximum atomic E-state index is 11.3. The van der Waals surface area contributed by atoms with Crippen molar-refractivity contribution in [1.82, 2.24) is 10.2 Å². The molecule has 2 aliphatic heterocycles. The topological polar surface area (TPSA) is 82.0 Å². The molecule has 0 bridgehead atoms. The minimum Gasteiger partial charge on any atom is -0.445 e. The molecule has 118 valence electrons. The minimum atomic E-state index is -0.380. The fourth-order valence-electron chi connectivity index (χ4n) is 1.69. The van der Waals surface area contributed by atoms with Gasteiger partial charge in [-0.05, 0) is 5.56 Å². The lowest BCUT2D eigenvalue weighted by molar-refractivity contribution is -0.00405. The summed E-state index contributed by atoms with van der Waals surface area (Å²) in [5.74, 6) is 0. The number of aliphatic hydroxyl groups excluding tert-OH is 2. The molecule has 1 aromatic carbocycles. The molecular formula is C14H21ClN2O4. The third kappa shape index (κ3) is 5.89. The van der Waals surface area contributed by atoms with E-state index < -0.39 is 0 Å². The first-order chi connectivity index (χ1) is 9.65. The number of nitrogens with one attached hydrogen (secondary N) is 1. The number of hydrogen-bond acceptors (Lipinski definition) is 5. The van der Waals surface area contributed by atoms with E-state index in [0.29, 0.717) is 13.1 Å². The summed E-state index contributed by atoms with van der Waals surface area (Å²) in [5, 5.41) is 20.3. The number of amides is 1. The molecule has 1 aromatic rings. The standard InChI is InChI=1S/C11H13NO3.C3H7NO.ClH/c13-10-6-12(7-10)11(14)15-8-9-4-2-1-3-5-9;5-3-1-4-2-3;/h1-5,10,13H,6-8H2;3-5H,1-2H2;1H. The fourth-order valence-corrected chi connectivity index (χ4v) is 1.69. The zero-order chi connectivity index (χ0) is 14.4.